The van der Waals surface area contributed by atoms with Crippen molar-refractivity contribution >= 4 is 6.03 Å². The highest BCUT2D eigenvalue weighted by Crippen LogP contribution is 2.30. The highest BCUT2D eigenvalue weighted by atomic mass is 16.3. The lowest BCUT2D eigenvalue weighted by atomic mass is 10.1. The molecule has 1 aromatic heterocycles. The number of amides is 2. The lowest BCUT2D eigenvalue weighted by Gasteiger charge is -2.20. The molecule has 2 amide bonds. The number of urea groups is 1. The third-order valence-electron chi connectivity index (χ3n) is 3.80. The van der Waals surface area contributed by atoms with Crippen LogP contribution in [0.3, 0.4) is 0 Å². The summed E-state index contributed by atoms with van der Waals surface area (Å²) in [7, 11) is 0. The number of nitrogens with zero attached hydrogens (tertiary/aromatic N) is 3. The van der Waals surface area contributed by atoms with Crippen LogP contribution < -0.4 is 10.6 Å². The summed E-state index contributed by atoms with van der Waals surface area (Å²) in [5, 5.41) is 19.8. The van der Waals surface area contributed by atoms with Gasteiger partial charge in [-0.1, -0.05) is 24.3 Å². The molecule has 0 spiro atoms. The summed E-state index contributed by atoms with van der Waals surface area (Å²) in [6, 6.07) is 7.00. The number of carbonyl (C=O) groups excluding carboxylic acids is 1. The molecule has 1 aliphatic rings. The van der Waals surface area contributed by atoms with Crippen molar-refractivity contribution in [2.75, 3.05) is 0 Å². The van der Waals surface area contributed by atoms with Gasteiger partial charge in [0, 0.05) is 12.5 Å². The first-order valence-corrected chi connectivity index (χ1v) is 7.29. The van der Waals surface area contributed by atoms with Crippen molar-refractivity contribution in [2.24, 2.45) is 0 Å². The molecule has 0 bridgehead atoms. The fourth-order valence-electron chi connectivity index (χ4n) is 2.81. The van der Waals surface area contributed by atoms with Crippen molar-refractivity contribution in [3.63, 3.8) is 0 Å². The van der Waals surface area contributed by atoms with Gasteiger partial charge >= 0.3 is 6.03 Å². The number of benzene rings is 1. The fourth-order valence-corrected chi connectivity index (χ4v) is 2.81. The smallest absolute Gasteiger partial charge is 0.315 e. The van der Waals surface area contributed by atoms with E-state index in [2.05, 4.69) is 20.7 Å². The Morgan fingerprint density at radius 1 is 1.50 bits per heavy atom. The Morgan fingerprint density at radius 3 is 3.09 bits per heavy atom. The first-order valence-electron chi connectivity index (χ1n) is 7.29. The number of nitrogens with one attached hydrogen (secondary N) is 2. The maximum Gasteiger partial charge on any atom is 0.315 e. The molecule has 3 rings (SSSR count). The minimum Gasteiger partial charge on any atom is -0.390 e. The quantitative estimate of drug-likeness (QED) is 0.772. The average Bonchev–Trinajstić information content (AvgIpc) is 3.08. The molecule has 1 aliphatic carbocycles. The van der Waals surface area contributed by atoms with Gasteiger partial charge in [-0.05, 0) is 18.1 Å². The van der Waals surface area contributed by atoms with E-state index in [-0.39, 0.29) is 18.1 Å². The van der Waals surface area contributed by atoms with Crippen LogP contribution in [-0.4, -0.2) is 38.0 Å². The maximum absolute atomic E-state index is 12.1. The number of fused-ring (bicyclic) bond motifs is 1. The van der Waals surface area contributed by atoms with Crippen LogP contribution in [0.25, 0.3) is 0 Å². The maximum atomic E-state index is 12.1. The highest BCUT2D eigenvalue weighted by molar-refractivity contribution is 5.75. The number of carbonyl (C=O) groups is 1. The van der Waals surface area contributed by atoms with Crippen LogP contribution >= 0.6 is 0 Å². The van der Waals surface area contributed by atoms with E-state index in [0.29, 0.717) is 13.0 Å². The van der Waals surface area contributed by atoms with Gasteiger partial charge in [-0.3, -0.25) is 4.68 Å². The molecular weight excluding hydrogens is 282 g/mol. The summed E-state index contributed by atoms with van der Waals surface area (Å²) in [6.45, 7) is 2.43. The highest BCUT2D eigenvalue weighted by Gasteiger charge is 2.31. The lowest BCUT2D eigenvalue weighted by Crippen LogP contribution is -2.45. The Morgan fingerprint density at radius 2 is 2.32 bits per heavy atom. The number of hydrogen-bond donors (Lipinski definition) is 3. The molecule has 22 heavy (non-hydrogen) atoms. The predicted octanol–water partition coefficient (Wildman–Crippen LogP) is 0.624. The Kier molecular flexibility index (Phi) is 4.06. The first-order chi connectivity index (χ1) is 10.6. The molecule has 3 atom stereocenters. The molecule has 3 N–H and O–H groups in total. The van der Waals surface area contributed by atoms with E-state index in [1.54, 1.807) is 11.0 Å². The number of hydrogen-bond acceptors (Lipinski definition) is 4. The van der Waals surface area contributed by atoms with Gasteiger partial charge in [-0.25, -0.2) is 9.78 Å². The second-order valence-electron chi connectivity index (χ2n) is 5.58. The molecule has 1 aromatic carbocycles. The number of aliphatic hydroxyl groups is 1. The standard InChI is InChI=1S/C15H19N5O2/c1-10(7-20-9-16-8-17-20)18-15(22)19-14-12-5-3-2-4-11(12)6-13(14)21/h2-5,8-10,13-14,21H,6-7H2,1H3,(H2,18,19,22)/t10?,13-,14+/m1/s1. The van der Waals surface area contributed by atoms with Crippen molar-refractivity contribution < 1.29 is 9.90 Å². The largest absolute Gasteiger partial charge is 0.390 e. The van der Waals surface area contributed by atoms with Crippen molar-refractivity contribution in [3.05, 3.63) is 48.0 Å². The molecule has 0 radical (unpaired) electrons. The molecule has 0 saturated carbocycles. The van der Waals surface area contributed by atoms with E-state index in [0.717, 1.165) is 11.1 Å². The zero-order valence-electron chi connectivity index (χ0n) is 12.3. The molecule has 0 saturated heterocycles. The lowest BCUT2D eigenvalue weighted by molar-refractivity contribution is 0.141. The summed E-state index contributed by atoms with van der Waals surface area (Å²) >= 11 is 0. The topological polar surface area (TPSA) is 92.1 Å². The summed E-state index contributed by atoms with van der Waals surface area (Å²) in [6.07, 6.45) is 3.04. The van der Waals surface area contributed by atoms with E-state index in [1.807, 2.05) is 31.2 Å². The van der Waals surface area contributed by atoms with Crippen LogP contribution in [0, 0.1) is 0 Å². The SMILES string of the molecule is CC(Cn1cncn1)NC(=O)N[C@H]1c2ccccc2C[C@H]1O. The normalized spacial score (nSPS) is 21.2. The van der Waals surface area contributed by atoms with Crippen LogP contribution in [-0.2, 0) is 13.0 Å². The molecule has 7 heteroatoms. The summed E-state index contributed by atoms with van der Waals surface area (Å²) in [4.78, 5) is 16.0. The molecule has 2 aromatic rings. The van der Waals surface area contributed by atoms with Crippen LogP contribution in [0.2, 0.25) is 0 Å². The van der Waals surface area contributed by atoms with Crippen LogP contribution in [0.4, 0.5) is 4.79 Å². The van der Waals surface area contributed by atoms with Crippen LogP contribution in [0.5, 0.6) is 0 Å². The Hall–Kier alpha value is -2.41. The van der Waals surface area contributed by atoms with Gasteiger partial charge in [-0.15, -0.1) is 0 Å². The monoisotopic (exact) mass is 301 g/mol. The Balaban J connectivity index is 1.58. The van der Waals surface area contributed by atoms with Crippen LogP contribution in [0.1, 0.15) is 24.1 Å². The van der Waals surface area contributed by atoms with Gasteiger partial charge in [0.25, 0.3) is 0 Å². The predicted molar refractivity (Wildman–Crippen MR) is 80.0 cm³/mol. The number of aliphatic hydroxyl groups excluding tert-OH is 1. The Labute approximate surface area is 128 Å². The fraction of sp³-hybridized carbons (Fsp3) is 0.400. The van der Waals surface area contributed by atoms with Gasteiger partial charge in [0.05, 0.1) is 18.7 Å². The van der Waals surface area contributed by atoms with Crippen molar-refractivity contribution in [3.8, 4) is 0 Å². The van der Waals surface area contributed by atoms with Gasteiger partial charge in [0.15, 0.2) is 0 Å². The average molecular weight is 301 g/mol. The zero-order chi connectivity index (χ0) is 15.5. The van der Waals surface area contributed by atoms with E-state index >= 15 is 0 Å². The van der Waals surface area contributed by atoms with E-state index < -0.39 is 6.10 Å². The molecule has 7 nitrogen and oxygen atoms in total. The molecule has 1 heterocycles. The second-order valence-corrected chi connectivity index (χ2v) is 5.58. The van der Waals surface area contributed by atoms with Gasteiger partial charge in [0.2, 0.25) is 0 Å². The third kappa shape index (κ3) is 3.09. The summed E-state index contributed by atoms with van der Waals surface area (Å²) < 4.78 is 1.66. The van der Waals surface area contributed by atoms with Crippen molar-refractivity contribution in [1.82, 2.24) is 25.4 Å². The van der Waals surface area contributed by atoms with Crippen molar-refractivity contribution in [1.29, 1.82) is 0 Å². The number of rotatable bonds is 4. The number of aromatic nitrogens is 3. The van der Waals surface area contributed by atoms with Gasteiger partial charge < -0.3 is 15.7 Å². The zero-order valence-corrected chi connectivity index (χ0v) is 12.3. The molecule has 116 valence electrons. The van der Waals surface area contributed by atoms with E-state index in [1.165, 1.54) is 6.33 Å². The van der Waals surface area contributed by atoms with E-state index in [9.17, 15) is 9.90 Å². The molecule has 0 fully saturated rings. The minimum absolute atomic E-state index is 0.101. The first kappa shape index (κ1) is 14.5. The van der Waals surface area contributed by atoms with Crippen molar-refractivity contribution in [2.45, 2.75) is 38.1 Å². The third-order valence-corrected chi connectivity index (χ3v) is 3.80. The molecular formula is C15H19N5O2. The Bertz CT molecular complexity index is 643. The summed E-state index contributed by atoms with van der Waals surface area (Å²) in [5.41, 5.74) is 2.06. The van der Waals surface area contributed by atoms with Crippen LogP contribution in [0.15, 0.2) is 36.9 Å². The summed E-state index contributed by atoms with van der Waals surface area (Å²) in [5.74, 6) is 0. The van der Waals surface area contributed by atoms with Gasteiger partial charge in [0.1, 0.15) is 12.7 Å². The second kappa shape index (κ2) is 6.15. The van der Waals surface area contributed by atoms with E-state index in [4.69, 9.17) is 0 Å². The minimum atomic E-state index is -0.589. The molecule has 0 aliphatic heterocycles. The molecule has 1 unspecified atom stereocenters. The van der Waals surface area contributed by atoms with Gasteiger partial charge in [-0.2, -0.15) is 5.10 Å².